The van der Waals surface area contributed by atoms with E-state index in [4.69, 9.17) is 30.5 Å². The van der Waals surface area contributed by atoms with Crippen molar-refractivity contribution < 1.29 is 23.7 Å². The topological polar surface area (TPSA) is 66.0 Å². The lowest BCUT2D eigenvalue weighted by atomic mass is 10.2. The Morgan fingerprint density at radius 2 is 1.76 bits per heavy atom. The van der Waals surface area contributed by atoms with E-state index in [0.717, 1.165) is 5.75 Å². The molecule has 0 aromatic heterocycles. The number of hydrogen-bond acceptors (Lipinski definition) is 5. The van der Waals surface area contributed by atoms with Gasteiger partial charge in [0.2, 0.25) is 6.10 Å². The maximum Gasteiger partial charge on any atom is 0.269 e. The normalized spacial score (nSPS) is 14.8. The van der Waals surface area contributed by atoms with Crippen molar-refractivity contribution in [3.8, 4) is 28.7 Å². The summed E-state index contributed by atoms with van der Waals surface area (Å²) in [7, 11) is 1.60. The van der Waals surface area contributed by atoms with E-state index in [1.807, 2.05) is 12.1 Å². The molecule has 0 radical (unpaired) electrons. The van der Waals surface area contributed by atoms with E-state index in [9.17, 15) is 4.79 Å². The van der Waals surface area contributed by atoms with Crippen LogP contribution in [0.2, 0.25) is 5.02 Å². The van der Waals surface area contributed by atoms with E-state index in [2.05, 4.69) is 5.32 Å². The number of ether oxygens (including phenoxy) is 4. The molecule has 3 aromatic carbocycles. The average Bonchev–Trinajstić information content (AvgIpc) is 2.75. The second-order valence-corrected chi connectivity index (χ2v) is 6.71. The van der Waals surface area contributed by atoms with Crippen molar-refractivity contribution in [2.45, 2.75) is 6.10 Å². The Hall–Kier alpha value is -3.38. The Morgan fingerprint density at radius 3 is 2.52 bits per heavy atom. The number of carbonyl (C=O) groups is 1. The van der Waals surface area contributed by atoms with Crippen LogP contribution in [0.15, 0.2) is 66.7 Å². The number of benzene rings is 3. The Bertz CT molecular complexity index is 1020. The van der Waals surface area contributed by atoms with Gasteiger partial charge in [0.05, 0.1) is 12.8 Å². The van der Waals surface area contributed by atoms with Gasteiger partial charge in [-0.05, 0) is 54.6 Å². The maximum atomic E-state index is 12.7. The molecule has 1 N–H and O–H groups in total. The molecule has 0 saturated heterocycles. The Balaban J connectivity index is 1.50. The maximum absolute atomic E-state index is 12.7. The lowest BCUT2D eigenvalue weighted by molar-refractivity contribution is -0.125. The number of rotatable bonds is 5. The van der Waals surface area contributed by atoms with Gasteiger partial charge in [0, 0.05) is 5.02 Å². The number of nitrogens with one attached hydrogen (secondary N) is 1. The van der Waals surface area contributed by atoms with Gasteiger partial charge >= 0.3 is 0 Å². The predicted molar refractivity (Wildman–Crippen MR) is 110 cm³/mol. The highest BCUT2D eigenvalue weighted by Gasteiger charge is 2.28. The van der Waals surface area contributed by atoms with Crippen molar-refractivity contribution in [1.29, 1.82) is 0 Å². The van der Waals surface area contributed by atoms with Crippen LogP contribution in [0, 0.1) is 0 Å². The number of methoxy groups -OCH3 is 1. The molecule has 3 aromatic rings. The van der Waals surface area contributed by atoms with Crippen molar-refractivity contribution in [3.05, 3.63) is 71.8 Å². The van der Waals surface area contributed by atoms with Crippen molar-refractivity contribution >= 4 is 23.2 Å². The number of para-hydroxylation sites is 2. The van der Waals surface area contributed by atoms with E-state index >= 15 is 0 Å². The van der Waals surface area contributed by atoms with Gasteiger partial charge in [-0.1, -0.05) is 23.7 Å². The minimum Gasteiger partial charge on any atom is -0.497 e. The number of anilines is 1. The zero-order valence-electron chi connectivity index (χ0n) is 15.6. The fourth-order valence-corrected chi connectivity index (χ4v) is 2.99. The van der Waals surface area contributed by atoms with Crippen LogP contribution in [0.3, 0.4) is 0 Å². The van der Waals surface area contributed by atoms with E-state index in [-0.39, 0.29) is 12.5 Å². The number of fused-ring (bicyclic) bond motifs is 1. The summed E-state index contributed by atoms with van der Waals surface area (Å²) in [6.07, 6.45) is -0.794. The van der Waals surface area contributed by atoms with Crippen molar-refractivity contribution in [3.63, 3.8) is 0 Å². The third-order valence-electron chi connectivity index (χ3n) is 4.29. The lowest BCUT2D eigenvalue weighted by Crippen LogP contribution is -2.40. The van der Waals surface area contributed by atoms with Crippen LogP contribution < -0.4 is 24.3 Å². The van der Waals surface area contributed by atoms with E-state index < -0.39 is 6.10 Å². The highest BCUT2D eigenvalue weighted by molar-refractivity contribution is 6.31. The molecule has 29 heavy (non-hydrogen) atoms. The quantitative estimate of drug-likeness (QED) is 0.645. The largest absolute Gasteiger partial charge is 0.497 e. The molecule has 0 bridgehead atoms. The summed E-state index contributed by atoms with van der Waals surface area (Å²) < 4.78 is 22.4. The monoisotopic (exact) mass is 411 g/mol. The molecule has 0 saturated carbocycles. The number of carbonyl (C=O) groups excluding carboxylic acids is 1. The summed E-state index contributed by atoms with van der Waals surface area (Å²) in [5.41, 5.74) is 0.431. The number of hydrogen-bond donors (Lipinski definition) is 1. The first kappa shape index (κ1) is 19.0. The van der Waals surface area contributed by atoms with Crippen LogP contribution in [-0.2, 0) is 4.79 Å². The Labute approximate surface area is 172 Å². The standard InChI is InChI=1S/C22H18ClNO5/c1-26-15-7-9-16(10-8-15)28-18-11-6-14(23)12-17(18)24-22(25)21-13-27-19-4-2-3-5-20(19)29-21/h2-12,21H,13H2,1H3,(H,24,25)/t21-/m1/s1. The van der Waals surface area contributed by atoms with Crippen molar-refractivity contribution in [2.24, 2.45) is 0 Å². The molecule has 0 spiro atoms. The summed E-state index contributed by atoms with van der Waals surface area (Å²) in [5.74, 6) is 2.54. The Morgan fingerprint density at radius 1 is 1.03 bits per heavy atom. The molecule has 1 aliphatic heterocycles. The van der Waals surface area contributed by atoms with Crippen molar-refractivity contribution in [1.82, 2.24) is 0 Å². The molecule has 1 aliphatic rings. The highest BCUT2D eigenvalue weighted by Crippen LogP contribution is 2.34. The zero-order chi connectivity index (χ0) is 20.2. The fourth-order valence-electron chi connectivity index (χ4n) is 2.82. The van der Waals surface area contributed by atoms with E-state index in [0.29, 0.717) is 33.7 Å². The van der Waals surface area contributed by atoms with Crippen LogP contribution >= 0.6 is 11.6 Å². The molecular weight excluding hydrogens is 394 g/mol. The number of halogens is 1. The molecule has 7 heteroatoms. The minimum atomic E-state index is -0.794. The molecular formula is C22H18ClNO5. The van der Waals surface area contributed by atoms with Crippen LogP contribution in [-0.4, -0.2) is 25.7 Å². The van der Waals surface area contributed by atoms with E-state index in [1.165, 1.54) is 0 Å². The van der Waals surface area contributed by atoms with Crippen LogP contribution in [0.25, 0.3) is 0 Å². The third kappa shape index (κ3) is 4.38. The molecule has 1 amide bonds. The van der Waals surface area contributed by atoms with E-state index in [1.54, 1.807) is 61.7 Å². The second-order valence-electron chi connectivity index (χ2n) is 6.27. The Kier molecular flexibility index (Phi) is 5.44. The summed E-state index contributed by atoms with van der Waals surface area (Å²) in [6.45, 7) is 0.109. The first-order chi connectivity index (χ1) is 14.1. The van der Waals surface area contributed by atoms with Crippen LogP contribution in [0.4, 0.5) is 5.69 Å². The fraction of sp³-hybridized carbons (Fsp3) is 0.136. The van der Waals surface area contributed by atoms with Gasteiger partial charge in [-0.3, -0.25) is 4.79 Å². The summed E-state index contributed by atoms with van der Waals surface area (Å²) in [4.78, 5) is 12.7. The molecule has 4 rings (SSSR count). The molecule has 1 heterocycles. The molecule has 6 nitrogen and oxygen atoms in total. The second kappa shape index (κ2) is 8.32. The van der Waals surface area contributed by atoms with Gasteiger partial charge in [0.1, 0.15) is 18.1 Å². The first-order valence-electron chi connectivity index (χ1n) is 8.93. The molecule has 0 fully saturated rings. The van der Waals surface area contributed by atoms with Gasteiger partial charge in [-0.2, -0.15) is 0 Å². The minimum absolute atomic E-state index is 0.109. The van der Waals surface area contributed by atoms with Crippen molar-refractivity contribution in [2.75, 3.05) is 19.0 Å². The molecule has 0 aliphatic carbocycles. The zero-order valence-corrected chi connectivity index (χ0v) is 16.3. The van der Waals surface area contributed by atoms with Gasteiger partial charge in [0.15, 0.2) is 17.2 Å². The molecule has 0 unspecified atom stereocenters. The lowest BCUT2D eigenvalue weighted by Gasteiger charge is -2.25. The predicted octanol–water partition coefficient (Wildman–Crippen LogP) is 4.92. The molecule has 1 atom stereocenters. The highest BCUT2D eigenvalue weighted by atomic mass is 35.5. The van der Waals surface area contributed by atoms with Gasteiger partial charge < -0.3 is 24.3 Å². The van der Waals surface area contributed by atoms with Gasteiger partial charge in [0.25, 0.3) is 5.91 Å². The van der Waals surface area contributed by atoms with Crippen LogP contribution in [0.5, 0.6) is 28.7 Å². The summed E-state index contributed by atoms with van der Waals surface area (Å²) >= 11 is 6.12. The third-order valence-corrected chi connectivity index (χ3v) is 4.52. The van der Waals surface area contributed by atoms with Gasteiger partial charge in [-0.15, -0.1) is 0 Å². The molecule has 148 valence electrons. The van der Waals surface area contributed by atoms with Crippen LogP contribution in [0.1, 0.15) is 0 Å². The first-order valence-corrected chi connectivity index (χ1v) is 9.31. The smallest absolute Gasteiger partial charge is 0.269 e. The summed E-state index contributed by atoms with van der Waals surface area (Å²) in [6, 6.07) is 19.3. The average molecular weight is 412 g/mol. The summed E-state index contributed by atoms with van der Waals surface area (Å²) in [5, 5.41) is 3.28. The SMILES string of the molecule is COc1ccc(Oc2ccc(Cl)cc2NC(=O)[C@H]2COc3ccccc3O2)cc1. The van der Waals surface area contributed by atoms with Gasteiger partial charge in [-0.25, -0.2) is 0 Å². The number of amides is 1.